The van der Waals surface area contributed by atoms with Crippen LogP contribution in [0, 0.1) is 12.8 Å². The van der Waals surface area contributed by atoms with E-state index >= 15 is 0 Å². The van der Waals surface area contributed by atoms with E-state index in [1.165, 1.54) is 22.3 Å². The van der Waals surface area contributed by atoms with E-state index in [1.807, 2.05) is 0 Å². The highest BCUT2D eigenvalue weighted by atomic mass is 14.0. The third-order valence-corrected chi connectivity index (χ3v) is 3.33. The van der Waals surface area contributed by atoms with E-state index in [2.05, 4.69) is 75.2 Å². The summed E-state index contributed by atoms with van der Waals surface area (Å²) >= 11 is 0. The van der Waals surface area contributed by atoms with E-state index in [1.54, 1.807) is 0 Å². The Morgan fingerprint density at radius 1 is 0.611 bits per heavy atom. The van der Waals surface area contributed by atoms with Crippen LogP contribution in [0.5, 0.6) is 0 Å². The predicted octanol–water partition coefficient (Wildman–Crippen LogP) is 4.62. The molecule has 0 aliphatic carbocycles. The van der Waals surface area contributed by atoms with Gasteiger partial charge in [-0.1, -0.05) is 62.4 Å². The van der Waals surface area contributed by atoms with Crippen LogP contribution in [0.15, 0.2) is 48.5 Å². The Morgan fingerprint density at radius 2 is 0.944 bits per heavy atom. The van der Waals surface area contributed by atoms with E-state index in [9.17, 15) is 0 Å². The van der Waals surface area contributed by atoms with Crippen molar-refractivity contribution in [3.8, 4) is 0 Å². The number of aryl methyl sites for hydroxylation is 2. The summed E-state index contributed by atoms with van der Waals surface area (Å²) in [6.07, 6.45) is 6.48. The van der Waals surface area contributed by atoms with Crippen molar-refractivity contribution in [3.05, 3.63) is 83.6 Å². The van der Waals surface area contributed by atoms with E-state index < -0.39 is 0 Å². The van der Waals surface area contributed by atoms with Gasteiger partial charge in [0, 0.05) is 0 Å². The zero-order valence-corrected chi connectivity index (χ0v) is 11.2. The molecular weight excluding hydrogens is 216 g/mol. The maximum atomic E-state index is 2.23. The Bertz CT molecular complexity index is 415. The zero-order valence-electron chi connectivity index (χ0n) is 11.2. The molecule has 0 saturated carbocycles. The van der Waals surface area contributed by atoms with Crippen molar-refractivity contribution < 1.29 is 0 Å². The van der Waals surface area contributed by atoms with Gasteiger partial charge in [-0.25, -0.2) is 0 Å². The van der Waals surface area contributed by atoms with E-state index in [4.69, 9.17) is 0 Å². The number of hydrogen-bond acceptors (Lipinski definition) is 0. The van der Waals surface area contributed by atoms with Crippen LogP contribution in [0.2, 0.25) is 0 Å². The molecule has 2 aromatic carbocycles. The number of benzene rings is 2. The lowest BCUT2D eigenvalue weighted by atomic mass is 10.0. The standard InChI is InChI=1S/C18H20/c1-3-15-5-9-17(10-6-15)13-14-18-11-7-16(4-2)8-12-18/h3-12H,13-14H2,1-2H3. The summed E-state index contributed by atoms with van der Waals surface area (Å²) in [6, 6.07) is 17.6. The van der Waals surface area contributed by atoms with Gasteiger partial charge in [-0.2, -0.15) is 0 Å². The Kier molecular flexibility index (Phi) is 4.58. The first-order valence-electron chi connectivity index (χ1n) is 6.58. The van der Waals surface area contributed by atoms with Crippen LogP contribution in [0.25, 0.3) is 0 Å². The highest BCUT2D eigenvalue weighted by Gasteiger charge is 1.97. The van der Waals surface area contributed by atoms with Crippen molar-refractivity contribution in [2.45, 2.75) is 26.7 Å². The lowest BCUT2D eigenvalue weighted by molar-refractivity contribution is 0.958. The highest BCUT2D eigenvalue weighted by molar-refractivity contribution is 5.29. The van der Waals surface area contributed by atoms with Crippen molar-refractivity contribution >= 4 is 0 Å². The van der Waals surface area contributed by atoms with Gasteiger partial charge < -0.3 is 0 Å². The molecule has 0 aliphatic rings. The average molecular weight is 236 g/mol. The number of hydrogen-bond donors (Lipinski definition) is 0. The quantitative estimate of drug-likeness (QED) is 0.710. The topological polar surface area (TPSA) is 0 Å². The monoisotopic (exact) mass is 236 g/mol. The van der Waals surface area contributed by atoms with Crippen molar-refractivity contribution in [2.24, 2.45) is 0 Å². The molecule has 0 unspecified atom stereocenters. The van der Waals surface area contributed by atoms with Gasteiger partial charge in [0.05, 0.1) is 0 Å². The van der Waals surface area contributed by atoms with Crippen LogP contribution in [0.4, 0.5) is 0 Å². The molecule has 0 atom stereocenters. The normalized spacial score (nSPS) is 10.6. The molecule has 2 aromatic rings. The molecule has 18 heavy (non-hydrogen) atoms. The lowest BCUT2D eigenvalue weighted by Gasteiger charge is -2.04. The summed E-state index contributed by atoms with van der Waals surface area (Å²) in [5.74, 6) is 0. The molecule has 2 rings (SSSR count). The molecule has 0 N–H and O–H groups in total. The summed E-state index contributed by atoms with van der Waals surface area (Å²) in [7, 11) is 0. The molecule has 0 spiro atoms. The molecule has 92 valence electrons. The van der Waals surface area contributed by atoms with Gasteiger partial charge in [0.25, 0.3) is 0 Å². The summed E-state index contributed by atoms with van der Waals surface area (Å²) in [6.45, 7) is 4.14. The first kappa shape index (κ1) is 12.9. The molecule has 0 aromatic heterocycles. The Balaban J connectivity index is 1.93. The summed E-state index contributed by atoms with van der Waals surface area (Å²) in [5.41, 5.74) is 5.40. The van der Waals surface area contributed by atoms with Gasteiger partial charge in [0.1, 0.15) is 0 Å². The van der Waals surface area contributed by atoms with Crippen molar-refractivity contribution in [1.82, 2.24) is 0 Å². The van der Waals surface area contributed by atoms with Crippen molar-refractivity contribution in [1.29, 1.82) is 0 Å². The fraction of sp³-hybridized carbons (Fsp3) is 0.222. The first-order chi connectivity index (χ1) is 8.81. The molecule has 0 bridgehead atoms. The molecule has 0 heteroatoms. The second kappa shape index (κ2) is 6.39. The van der Waals surface area contributed by atoms with Gasteiger partial charge in [-0.3, -0.25) is 0 Å². The third-order valence-electron chi connectivity index (χ3n) is 3.33. The molecule has 0 nitrogen and oxygen atoms in total. The third kappa shape index (κ3) is 3.46. The maximum absolute atomic E-state index is 2.23. The van der Waals surface area contributed by atoms with Crippen LogP contribution in [0.1, 0.15) is 36.1 Å². The summed E-state index contributed by atoms with van der Waals surface area (Å²) in [4.78, 5) is 0. The summed E-state index contributed by atoms with van der Waals surface area (Å²) in [5, 5.41) is 0. The molecule has 2 radical (unpaired) electrons. The van der Waals surface area contributed by atoms with E-state index in [0.29, 0.717) is 0 Å². The molecule has 0 saturated heterocycles. The Morgan fingerprint density at radius 3 is 1.22 bits per heavy atom. The minimum atomic E-state index is 1.11. The van der Waals surface area contributed by atoms with Crippen molar-refractivity contribution in [3.63, 3.8) is 0 Å². The Hall–Kier alpha value is -1.56. The molecule has 0 fully saturated rings. The van der Waals surface area contributed by atoms with Gasteiger partial charge in [-0.05, 0) is 47.9 Å². The predicted molar refractivity (Wildman–Crippen MR) is 78.4 cm³/mol. The van der Waals surface area contributed by atoms with Gasteiger partial charge in [0.2, 0.25) is 0 Å². The second-order valence-electron chi connectivity index (χ2n) is 4.56. The highest BCUT2D eigenvalue weighted by Crippen LogP contribution is 2.11. The largest absolute Gasteiger partial charge is 0.0587 e. The van der Waals surface area contributed by atoms with Crippen LogP contribution in [-0.4, -0.2) is 0 Å². The van der Waals surface area contributed by atoms with Crippen LogP contribution < -0.4 is 0 Å². The smallest absolute Gasteiger partial charge is 0.0124 e. The van der Waals surface area contributed by atoms with Gasteiger partial charge in [0.15, 0.2) is 0 Å². The molecule has 0 heterocycles. The minimum Gasteiger partial charge on any atom is -0.0587 e. The van der Waals surface area contributed by atoms with E-state index in [-0.39, 0.29) is 0 Å². The van der Waals surface area contributed by atoms with E-state index in [0.717, 1.165) is 12.8 Å². The van der Waals surface area contributed by atoms with Crippen LogP contribution in [-0.2, 0) is 12.8 Å². The molecule has 0 amide bonds. The zero-order chi connectivity index (χ0) is 12.8. The Labute approximate surface area is 111 Å². The van der Waals surface area contributed by atoms with Gasteiger partial charge >= 0.3 is 0 Å². The van der Waals surface area contributed by atoms with Crippen LogP contribution >= 0.6 is 0 Å². The lowest BCUT2D eigenvalue weighted by Crippen LogP contribution is -1.92. The fourth-order valence-corrected chi connectivity index (χ4v) is 2.04. The minimum absolute atomic E-state index is 1.11. The SMILES string of the molecule is C[CH]c1ccc(CCc2ccc([CH]C)cc2)cc1. The molecule has 0 aliphatic heterocycles. The maximum Gasteiger partial charge on any atom is -0.0124 e. The summed E-state index contributed by atoms with van der Waals surface area (Å²) < 4.78 is 0. The van der Waals surface area contributed by atoms with Crippen molar-refractivity contribution in [2.75, 3.05) is 0 Å². The second-order valence-corrected chi connectivity index (χ2v) is 4.56. The first-order valence-corrected chi connectivity index (χ1v) is 6.58. The van der Waals surface area contributed by atoms with Gasteiger partial charge in [-0.15, -0.1) is 0 Å². The fourth-order valence-electron chi connectivity index (χ4n) is 2.04. The molecular formula is C18H20. The van der Waals surface area contributed by atoms with Crippen LogP contribution in [0.3, 0.4) is 0 Å². The number of rotatable bonds is 5. The average Bonchev–Trinajstić information content (AvgIpc) is 2.46.